The first kappa shape index (κ1) is 18.7. The molecule has 0 aliphatic carbocycles. The Morgan fingerprint density at radius 3 is 2.92 bits per heavy atom. The summed E-state index contributed by atoms with van der Waals surface area (Å²) in [5, 5.41) is 6.75. The van der Waals surface area contributed by atoms with E-state index in [1.54, 1.807) is 16.5 Å². The van der Waals surface area contributed by atoms with Crippen molar-refractivity contribution in [3.05, 3.63) is 46.4 Å². The highest BCUT2D eigenvalue weighted by Crippen LogP contribution is 2.23. The van der Waals surface area contributed by atoms with Gasteiger partial charge in [-0.2, -0.15) is 0 Å². The predicted octanol–water partition coefficient (Wildman–Crippen LogP) is 1.89. The van der Waals surface area contributed by atoms with Gasteiger partial charge in [-0.05, 0) is 25.3 Å². The number of nitrogens with one attached hydrogen (secondary N) is 1. The quantitative estimate of drug-likeness (QED) is 0.747. The molecule has 0 spiro atoms. The molecule has 8 heteroatoms. The number of hydrogen-bond donors (Lipinski definition) is 1. The lowest BCUT2D eigenvalue weighted by atomic mass is 10.2. The van der Waals surface area contributed by atoms with Crippen LogP contribution in [0.1, 0.15) is 25.3 Å². The molecule has 2 atom stereocenters. The fourth-order valence-electron chi connectivity index (χ4n) is 3.00. The van der Waals surface area contributed by atoms with Crippen LogP contribution in [0.3, 0.4) is 0 Å². The third kappa shape index (κ3) is 4.56. The van der Waals surface area contributed by atoms with E-state index in [9.17, 15) is 9.59 Å². The van der Waals surface area contributed by atoms with E-state index in [1.807, 2.05) is 37.3 Å². The van der Waals surface area contributed by atoms with Gasteiger partial charge in [-0.25, -0.2) is 9.89 Å². The molecule has 2 heterocycles. The maximum absolute atomic E-state index is 12.7. The minimum absolute atomic E-state index is 0.00188. The van der Waals surface area contributed by atoms with Gasteiger partial charge in [0.25, 0.3) is 0 Å². The number of rotatable bonds is 7. The first-order valence-electron chi connectivity index (χ1n) is 8.77. The molecule has 140 valence electrons. The number of carbonyl (C=O) groups excluding carboxylic acids is 1. The molecular weight excluding hydrogens is 352 g/mol. The number of nitrogens with zero attached hydrogens (tertiary/aromatic N) is 3. The molecule has 1 fully saturated rings. The Balaban J connectivity index is 1.62. The average Bonchev–Trinajstić information content (AvgIpc) is 3.27. The highest BCUT2D eigenvalue weighted by atomic mass is 32.2. The number of hydrogen-bond acceptors (Lipinski definition) is 5. The summed E-state index contributed by atoms with van der Waals surface area (Å²) in [6.45, 7) is 3.59. The predicted molar refractivity (Wildman–Crippen MR) is 100 cm³/mol. The molecule has 1 N–H and O–H groups in total. The molecular formula is C18H24N4O3S. The van der Waals surface area contributed by atoms with Crippen molar-refractivity contribution in [1.29, 1.82) is 0 Å². The number of carbonyl (C=O) groups is 1. The van der Waals surface area contributed by atoms with Crippen molar-refractivity contribution in [2.75, 3.05) is 13.7 Å². The van der Waals surface area contributed by atoms with E-state index >= 15 is 0 Å². The van der Waals surface area contributed by atoms with Crippen LogP contribution in [0.25, 0.3) is 0 Å². The van der Waals surface area contributed by atoms with Crippen LogP contribution in [-0.4, -0.2) is 50.6 Å². The number of benzene rings is 1. The summed E-state index contributed by atoms with van der Waals surface area (Å²) in [4.78, 5) is 26.4. The smallest absolute Gasteiger partial charge is 0.344 e. The van der Waals surface area contributed by atoms with Crippen LogP contribution in [0.5, 0.6) is 0 Å². The van der Waals surface area contributed by atoms with Crippen molar-refractivity contribution in [1.82, 2.24) is 19.7 Å². The fourth-order valence-corrected chi connectivity index (χ4v) is 3.98. The normalized spacial score (nSPS) is 18.0. The van der Waals surface area contributed by atoms with Crippen LogP contribution in [0.15, 0.2) is 40.3 Å². The largest absolute Gasteiger partial charge is 0.376 e. The number of aromatic amines is 1. The summed E-state index contributed by atoms with van der Waals surface area (Å²) >= 11 is 1.30. The minimum atomic E-state index is -0.345. The van der Waals surface area contributed by atoms with E-state index in [0.29, 0.717) is 18.2 Å². The zero-order chi connectivity index (χ0) is 18.5. The number of thioether (sulfide) groups is 1. The molecule has 1 saturated heterocycles. The minimum Gasteiger partial charge on any atom is -0.376 e. The molecule has 7 nitrogen and oxygen atoms in total. The molecule has 0 radical (unpaired) electrons. The second-order valence-electron chi connectivity index (χ2n) is 6.50. The topological polar surface area (TPSA) is 80.2 Å². The van der Waals surface area contributed by atoms with Gasteiger partial charge in [0.05, 0.1) is 17.9 Å². The molecule has 3 rings (SSSR count). The molecule has 26 heavy (non-hydrogen) atoms. The molecule has 2 unspecified atom stereocenters. The van der Waals surface area contributed by atoms with Crippen LogP contribution >= 0.6 is 11.8 Å². The SMILES string of the molecule is CC(Sc1n[nH]c(=O)n1CC1CCCO1)C(=O)N(C)Cc1ccccc1. The maximum atomic E-state index is 12.7. The Bertz CT molecular complexity index is 783. The number of H-pyrrole nitrogens is 1. The number of amides is 1. The van der Waals surface area contributed by atoms with Gasteiger partial charge in [0.1, 0.15) is 0 Å². The van der Waals surface area contributed by atoms with Gasteiger partial charge in [0.15, 0.2) is 5.16 Å². The van der Waals surface area contributed by atoms with E-state index in [-0.39, 0.29) is 23.0 Å². The van der Waals surface area contributed by atoms with E-state index in [0.717, 1.165) is 25.0 Å². The van der Waals surface area contributed by atoms with Gasteiger partial charge in [0.2, 0.25) is 5.91 Å². The Morgan fingerprint density at radius 1 is 1.46 bits per heavy atom. The van der Waals surface area contributed by atoms with Crippen molar-refractivity contribution >= 4 is 17.7 Å². The standard InChI is InChI=1S/C18H24N4O3S/c1-13(16(23)21(2)11-14-7-4-3-5-8-14)26-18-20-19-17(24)22(18)12-15-9-6-10-25-15/h3-5,7-8,13,15H,6,9-12H2,1-2H3,(H,19,24). The Morgan fingerprint density at radius 2 is 2.23 bits per heavy atom. The van der Waals surface area contributed by atoms with Crippen LogP contribution in [0.4, 0.5) is 0 Å². The third-order valence-electron chi connectivity index (χ3n) is 4.40. The zero-order valence-corrected chi connectivity index (χ0v) is 15.9. The van der Waals surface area contributed by atoms with Crippen LogP contribution in [0.2, 0.25) is 0 Å². The van der Waals surface area contributed by atoms with E-state index in [1.165, 1.54) is 11.8 Å². The Kier molecular flexibility index (Phi) is 6.16. The maximum Gasteiger partial charge on any atom is 0.344 e. The number of aromatic nitrogens is 3. The number of ether oxygens (including phenoxy) is 1. The first-order chi connectivity index (χ1) is 12.5. The summed E-state index contributed by atoms with van der Waals surface area (Å²) in [7, 11) is 1.79. The Hall–Kier alpha value is -2.06. The van der Waals surface area contributed by atoms with E-state index in [4.69, 9.17) is 4.74 Å². The van der Waals surface area contributed by atoms with Crippen LogP contribution < -0.4 is 5.69 Å². The molecule has 1 aromatic carbocycles. The first-order valence-corrected chi connectivity index (χ1v) is 9.65. The lowest BCUT2D eigenvalue weighted by Gasteiger charge is -2.21. The van der Waals surface area contributed by atoms with Gasteiger partial charge in [-0.1, -0.05) is 42.1 Å². The molecule has 1 amide bonds. The molecule has 2 aromatic rings. The summed E-state index contributed by atoms with van der Waals surface area (Å²) in [5.74, 6) is -0.00188. The van der Waals surface area contributed by atoms with E-state index < -0.39 is 0 Å². The highest BCUT2D eigenvalue weighted by Gasteiger charge is 2.24. The second kappa shape index (κ2) is 8.55. The van der Waals surface area contributed by atoms with Gasteiger partial charge in [0, 0.05) is 20.2 Å². The average molecular weight is 376 g/mol. The molecule has 1 aliphatic rings. The molecule has 1 aromatic heterocycles. The summed E-state index contributed by atoms with van der Waals surface area (Å²) in [6.07, 6.45) is 1.99. The van der Waals surface area contributed by atoms with Gasteiger partial charge in [-0.3, -0.25) is 9.36 Å². The lowest BCUT2D eigenvalue weighted by molar-refractivity contribution is -0.129. The van der Waals surface area contributed by atoms with Crippen molar-refractivity contribution in [2.45, 2.75) is 49.4 Å². The van der Waals surface area contributed by atoms with Crippen molar-refractivity contribution in [3.8, 4) is 0 Å². The lowest BCUT2D eigenvalue weighted by Crippen LogP contribution is -2.33. The van der Waals surface area contributed by atoms with Crippen molar-refractivity contribution in [2.24, 2.45) is 0 Å². The zero-order valence-electron chi connectivity index (χ0n) is 15.1. The molecule has 0 saturated carbocycles. The molecule has 0 bridgehead atoms. The van der Waals surface area contributed by atoms with Crippen LogP contribution in [0, 0.1) is 0 Å². The second-order valence-corrected chi connectivity index (χ2v) is 7.80. The fraction of sp³-hybridized carbons (Fsp3) is 0.500. The van der Waals surface area contributed by atoms with E-state index in [2.05, 4.69) is 10.2 Å². The van der Waals surface area contributed by atoms with Crippen molar-refractivity contribution < 1.29 is 9.53 Å². The monoisotopic (exact) mass is 376 g/mol. The highest BCUT2D eigenvalue weighted by molar-refractivity contribution is 8.00. The summed E-state index contributed by atoms with van der Waals surface area (Å²) in [5.41, 5.74) is 0.816. The van der Waals surface area contributed by atoms with Crippen molar-refractivity contribution in [3.63, 3.8) is 0 Å². The molecule has 1 aliphatic heterocycles. The summed E-state index contributed by atoms with van der Waals surface area (Å²) in [6, 6.07) is 9.86. The van der Waals surface area contributed by atoms with Crippen LogP contribution in [-0.2, 0) is 22.6 Å². The Labute approximate surface area is 156 Å². The van der Waals surface area contributed by atoms with Gasteiger partial charge >= 0.3 is 5.69 Å². The summed E-state index contributed by atoms with van der Waals surface area (Å²) < 4.78 is 7.18. The third-order valence-corrected chi connectivity index (χ3v) is 5.48. The van der Waals surface area contributed by atoms with Gasteiger partial charge in [-0.15, -0.1) is 5.10 Å². The van der Waals surface area contributed by atoms with Gasteiger partial charge < -0.3 is 9.64 Å².